The third kappa shape index (κ3) is 3.66. The van der Waals surface area contributed by atoms with Crippen LogP contribution in [0.2, 0.25) is 0 Å². The topological polar surface area (TPSA) is 72.2 Å². The highest BCUT2D eigenvalue weighted by atomic mass is 32.2. The van der Waals surface area contributed by atoms with Gasteiger partial charge in [0.05, 0.1) is 26.9 Å². The Bertz CT molecular complexity index is 1620. The molecule has 0 bridgehead atoms. The summed E-state index contributed by atoms with van der Waals surface area (Å²) in [5.41, 5.74) is 13.7. The number of nitrogens with one attached hydrogen (secondary N) is 1. The molecule has 6 rings (SSSR count). The van der Waals surface area contributed by atoms with E-state index in [1.54, 1.807) is 30.3 Å². The van der Waals surface area contributed by atoms with Crippen molar-refractivity contribution in [1.82, 2.24) is 0 Å². The third-order valence-electron chi connectivity index (χ3n) is 6.34. The molecular formula is C30H22N2O2S. The predicted octanol–water partition coefficient (Wildman–Crippen LogP) is 7.16. The number of nitrogens with two attached hydrogens (primary N) is 1. The summed E-state index contributed by atoms with van der Waals surface area (Å²) in [6, 6.07) is 37.1. The molecule has 0 radical (unpaired) electrons. The fraction of sp³-hybridized carbons (Fsp3) is 0. The van der Waals surface area contributed by atoms with E-state index in [1.807, 2.05) is 42.5 Å². The average molecular weight is 475 g/mol. The van der Waals surface area contributed by atoms with Crippen molar-refractivity contribution in [3.63, 3.8) is 0 Å². The molecule has 0 unspecified atom stereocenters. The molecule has 1 aliphatic heterocycles. The fourth-order valence-corrected chi connectivity index (χ4v) is 6.22. The van der Waals surface area contributed by atoms with Gasteiger partial charge in [0.15, 0.2) is 0 Å². The van der Waals surface area contributed by atoms with E-state index in [4.69, 9.17) is 5.73 Å². The molecule has 4 nitrogen and oxygen atoms in total. The molecule has 0 aromatic heterocycles. The van der Waals surface area contributed by atoms with E-state index in [-0.39, 0.29) is 9.79 Å². The van der Waals surface area contributed by atoms with E-state index in [0.717, 1.165) is 33.4 Å². The first-order chi connectivity index (χ1) is 17.0. The largest absolute Gasteiger partial charge is 0.397 e. The second kappa shape index (κ2) is 8.15. The molecule has 0 spiro atoms. The van der Waals surface area contributed by atoms with Gasteiger partial charge in [-0.3, -0.25) is 0 Å². The number of hydrogen-bond acceptors (Lipinski definition) is 4. The van der Waals surface area contributed by atoms with Crippen LogP contribution in [0.15, 0.2) is 125 Å². The summed E-state index contributed by atoms with van der Waals surface area (Å²) in [6.07, 6.45) is 0. The summed E-state index contributed by atoms with van der Waals surface area (Å²) < 4.78 is 27.0. The maximum atomic E-state index is 13.5. The van der Waals surface area contributed by atoms with Crippen molar-refractivity contribution in [3.8, 4) is 33.4 Å². The summed E-state index contributed by atoms with van der Waals surface area (Å²) in [7, 11) is -3.72. The van der Waals surface area contributed by atoms with E-state index < -0.39 is 9.84 Å². The van der Waals surface area contributed by atoms with Crippen molar-refractivity contribution >= 4 is 26.9 Å². The molecule has 5 aromatic carbocycles. The Labute approximate surface area is 204 Å². The Morgan fingerprint density at radius 3 is 1.60 bits per heavy atom. The molecule has 0 amide bonds. The molecule has 0 saturated carbocycles. The summed E-state index contributed by atoms with van der Waals surface area (Å²) in [6.45, 7) is 0. The smallest absolute Gasteiger partial charge is 0.210 e. The molecule has 170 valence electrons. The van der Waals surface area contributed by atoms with Gasteiger partial charge in [0.1, 0.15) is 0 Å². The van der Waals surface area contributed by atoms with E-state index in [2.05, 4.69) is 47.8 Å². The summed E-state index contributed by atoms with van der Waals surface area (Å²) in [5.74, 6) is 0. The van der Waals surface area contributed by atoms with Crippen LogP contribution < -0.4 is 11.1 Å². The van der Waals surface area contributed by atoms with Crippen LogP contribution in [0.4, 0.5) is 17.1 Å². The van der Waals surface area contributed by atoms with E-state index in [1.165, 1.54) is 0 Å². The second-order valence-corrected chi connectivity index (χ2v) is 10.5. The van der Waals surface area contributed by atoms with Crippen molar-refractivity contribution in [2.75, 3.05) is 11.1 Å². The van der Waals surface area contributed by atoms with Crippen LogP contribution in [-0.2, 0) is 9.84 Å². The third-order valence-corrected chi connectivity index (χ3v) is 8.18. The van der Waals surface area contributed by atoms with Crippen LogP contribution in [0, 0.1) is 0 Å². The number of benzene rings is 5. The van der Waals surface area contributed by atoms with Gasteiger partial charge in [-0.2, -0.15) is 0 Å². The Morgan fingerprint density at radius 2 is 1.00 bits per heavy atom. The molecule has 0 atom stereocenters. The van der Waals surface area contributed by atoms with Crippen molar-refractivity contribution in [3.05, 3.63) is 115 Å². The maximum absolute atomic E-state index is 13.5. The highest BCUT2D eigenvalue weighted by Crippen LogP contribution is 2.45. The minimum Gasteiger partial charge on any atom is -0.397 e. The Hall–Kier alpha value is -4.35. The van der Waals surface area contributed by atoms with Crippen LogP contribution in [0.5, 0.6) is 0 Å². The maximum Gasteiger partial charge on any atom is 0.210 e. The number of rotatable bonds is 3. The van der Waals surface area contributed by atoms with E-state index >= 15 is 0 Å². The van der Waals surface area contributed by atoms with Crippen LogP contribution >= 0.6 is 0 Å². The number of nitrogen functional groups attached to an aromatic ring is 1. The number of hydrogen-bond donors (Lipinski definition) is 2. The highest BCUT2D eigenvalue weighted by molar-refractivity contribution is 7.92. The molecule has 5 aromatic rings. The summed E-state index contributed by atoms with van der Waals surface area (Å²) >= 11 is 0. The first-order valence-corrected chi connectivity index (χ1v) is 12.8. The Morgan fingerprint density at radius 1 is 0.514 bits per heavy atom. The molecule has 0 saturated heterocycles. The lowest BCUT2D eigenvalue weighted by Crippen LogP contribution is -2.15. The van der Waals surface area contributed by atoms with Crippen molar-refractivity contribution in [2.24, 2.45) is 0 Å². The van der Waals surface area contributed by atoms with Crippen molar-refractivity contribution in [1.29, 1.82) is 0 Å². The molecule has 5 heteroatoms. The molecular weight excluding hydrogens is 452 g/mol. The first kappa shape index (κ1) is 21.2. The van der Waals surface area contributed by atoms with Gasteiger partial charge < -0.3 is 11.1 Å². The van der Waals surface area contributed by atoms with Gasteiger partial charge in [-0.15, -0.1) is 0 Å². The average Bonchev–Trinajstić information content (AvgIpc) is 2.90. The molecule has 1 aliphatic rings. The standard InChI is InChI=1S/C30H22N2O2S/c31-26-18-25(19-29-30(26)32-27-13-7-8-14-28(27)35(29,33)34)24-16-22(20-9-3-1-4-10-20)15-23(17-24)21-11-5-2-6-12-21/h1-19,32H,31H2. The van der Waals surface area contributed by atoms with E-state index in [0.29, 0.717) is 17.1 Å². The van der Waals surface area contributed by atoms with Gasteiger partial charge in [0.25, 0.3) is 0 Å². The summed E-state index contributed by atoms with van der Waals surface area (Å²) in [4.78, 5) is 0.449. The number of para-hydroxylation sites is 1. The molecule has 35 heavy (non-hydrogen) atoms. The van der Waals surface area contributed by atoms with Crippen molar-refractivity contribution < 1.29 is 8.42 Å². The minimum absolute atomic E-state index is 0.192. The van der Waals surface area contributed by atoms with Crippen LogP contribution in [0.1, 0.15) is 0 Å². The van der Waals surface area contributed by atoms with Gasteiger partial charge >= 0.3 is 0 Å². The number of sulfone groups is 1. The SMILES string of the molecule is Nc1cc(-c2cc(-c3ccccc3)cc(-c3ccccc3)c2)cc2c1Nc1ccccc1S2(=O)=O. The van der Waals surface area contributed by atoms with Gasteiger partial charge in [-0.05, 0) is 75.8 Å². The lowest BCUT2D eigenvalue weighted by Gasteiger charge is -2.24. The van der Waals surface area contributed by atoms with Crippen LogP contribution in [-0.4, -0.2) is 8.42 Å². The molecule has 3 N–H and O–H groups in total. The van der Waals surface area contributed by atoms with Gasteiger partial charge in [0.2, 0.25) is 9.84 Å². The highest BCUT2D eigenvalue weighted by Gasteiger charge is 2.31. The molecule has 0 aliphatic carbocycles. The Balaban J connectivity index is 1.57. The summed E-state index contributed by atoms with van der Waals surface area (Å²) in [5, 5.41) is 3.21. The molecule has 1 heterocycles. The zero-order valence-corrected chi connectivity index (χ0v) is 19.6. The molecule has 0 fully saturated rings. The van der Waals surface area contributed by atoms with Gasteiger partial charge in [-0.25, -0.2) is 8.42 Å². The van der Waals surface area contributed by atoms with E-state index in [9.17, 15) is 8.42 Å². The quantitative estimate of drug-likeness (QED) is 0.267. The predicted molar refractivity (Wildman–Crippen MR) is 142 cm³/mol. The minimum atomic E-state index is -3.72. The van der Waals surface area contributed by atoms with Crippen LogP contribution in [0.3, 0.4) is 0 Å². The zero-order valence-electron chi connectivity index (χ0n) is 18.8. The van der Waals surface area contributed by atoms with Gasteiger partial charge in [0, 0.05) is 0 Å². The monoisotopic (exact) mass is 474 g/mol. The van der Waals surface area contributed by atoms with Gasteiger partial charge in [-0.1, -0.05) is 72.8 Å². The fourth-order valence-electron chi connectivity index (χ4n) is 4.60. The number of anilines is 3. The normalized spacial score (nSPS) is 13.4. The zero-order chi connectivity index (χ0) is 24.0. The number of fused-ring (bicyclic) bond motifs is 2. The Kier molecular flexibility index (Phi) is 4.94. The lowest BCUT2D eigenvalue weighted by molar-refractivity contribution is 0.596. The van der Waals surface area contributed by atoms with Crippen LogP contribution in [0.25, 0.3) is 33.4 Å². The van der Waals surface area contributed by atoms with Crippen molar-refractivity contribution in [2.45, 2.75) is 9.79 Å². The second-order valence-electron chi connectivity index (χ2n) is 8.59. The lowest BCUT2D eigenvalue weighted by atomic mass is 9.93. The first-order valence-electron chi connectivity index (χ1n) is 11.3.